The summed E-state index contributed by atoms with van der Waals surface area (Å²) in [5.74, 6) is 0.287. The Morgan fingerprint density at radius 2 is 1.20 bits per heavy atom. The molecule has 0 saturated carbocycles. The van der Waals surface area contributed by atoms with Crippen LogP contribution in [-0.2, 0) is 0 Å². The number of amidine groups is 2. The molecule has 5 heteroatoms. The smallest absolute Gasteiger partial charge is 0.133 e. The van der Waals surface area contributed by atoms with Crippen molar-refractivity contribution < 1.29 is 0 Å². The van der Waals surface area contributed by atoms with Crippen molar-refractivity contribution in [2.45, 2.75) is 13.8 Å². The minimum atomic E-state index is 0.144. The van der Waals surface area contributed by atoms with Crippen molar-refractivity contribution in [3.8, 4) is 0 Å². The lowest BCUT2D eigenvalue weighted by Crippen LogP contribution is -2.20. The van der Waals surface area contributed by atoms with Crippen LogP contribution in [0.25, 0.3) is 0 Å². The van der Waals surface area contributed by atoms with E-state index in [-0.39, 0.29) is 11.7 Å². The van der Waals surface area contributed by atoms with Gasteiger partial charge >= 0.3 is 0 Å². The van der Waals surface area contributed by atoms with Crippen molar-refractivity contribution >= 4 is 34.9 Å². The van der Waals surface area contributed by atoms with Gasteiger partial charge in [-0.1, -0.05) is 23.2 Å². The van der Waals surface area contributed by atoms with Crippen molar-refractivity contribution in [1.82, 2.24) is 5.32 Å². The molecule has 1 aliphatic rings. The van der Waals surface area contributed by atoms with Crippen LogP contribution in [0.15, 0.2) is 0 Å². The molecule has 1 heterocycles. The highest BCUT2D eigenvalue weighted by Crippen LogP contribution is 2.36. The second-order valence-corrected chi connectivity index (χ2v) is 4.26. The molecular weight excluding hydrogens is 233 g/mol. The molecular formula is C10H9Cl2N3. The maximum absolute atomic E-state index is 7.67. The van der Waals surface area contributed by atoms with Crippen molar-refractivity contribution in [2.24, 2.45) is 0 Å². The lowest BCUT2D eigenvalue weighted by molar-refractivity contribution is 1.29. The zero-order chi connectivity index (χ0) is 11.3. The summed E-state index contributed by atoms with van der Waals surface area (Å²) in [6.07, 6.45) is 0. The van der Waals surface area contributed by atoms with Crippen molar-refractivity contribution in [3.05, 3.63) is 32.3 Å². The standard InChI is InChI=1S/C10H9Cl2N3/c1-3-4(2)8(12)6-5(7(3)11)9(13)15-10(6)14/h1-2H3,(H3,13,14,15). The summed E-state index contributed by atoms with van der Waals surface area (Å²) in [5, 5.41) is 19.0. The summed E-state index contributed by atoms with van der Waals surface area (Å²) in [4.78, 5) is 0. The number of rotatable bonds is 0. The molecule has 0 bridgehead atoms. The molecule has 0 radical (unpaired) electrons. The first kappa shape index (κ1) is 10.5. The van der Waals surface area contributed by atoms with Gasteiger partial charge in [-0.3, -0.25) is 10.8 Å². The molecule has 3 nitrogen and oxygen atoms in total. The number of nitrogens with one attached hydrogen (secondary N) is 3. The van der Waals surface area contributed by atoms with Crippen LogP contribution < -0.4 is 5.32 Å². The molecule has 2 rings (SSSR count). The number of benzene rings is 1. The van der Waals surface area contributed by atoms with E-state index in [4.69, 9.17) is 34.0 Å². The summed E-state index contributed by atoms with van der Waals surface area (Å²) in [6.45, 7) is 3.72. The fourth-order valence-electron chi connectivity index (χ4n) is 1.64. The molecule has 1 aromatic carbocycles. The van der Waals surface area contributed by atoms with Gasteiger partial charge in [-0.2, -0.15) is 0 Å². The number of halogens is 2. The van der Waals surface area contributed by atoms with Gasteiger partial charge in [0.1, 0.15) is 11.7 Å². The molecule has 0 atom stereocenters. The zero-order valence-corrected chi connectivity index (χ0v) is 9.77. The molecule has 78 valence electrons. The highest BCUT2D eigenvalue weighted by molar-refractivity contribution is 6.43. The first-order valence-electron chi connectivity index (χ1n) is 4.38. The number of hydrogen-bond acceptors (Lipinski definition) is 2. The Morgan fingerprint density at radius 1 is 0.867 bits per heavy atom. The Bertz CT molecular complexity index is 461. The normalized spacial score (nSPS) is 14.1. The zero-order valence-electron chi connectivity index (χ0n) is 8.26. The van der Waals surface area contributed by atoms with Crippen LogP contribution in [0.2, 0.25) is 10.0 Å². The lowest BCUT2D eigenvalue weighted by atomic mass is 10.0. The van der Waals surface area contributed by atoms with Crippen LogP contribution in [-0.4, -0.2) is 11.7 Å². The summed E-state index contributed by atoms with van der Waals surface area (Å²) in [7, 11) is 0. The van der Waals surface area contributed by atoms with E-state index in [0.717, 1.165) is 11.1 Å². The SMILES string of the molecule is Cc1c(C)c(Cl)c2c(c1Cl)C(=N)NC2=N. The monoisotopic (exact) mass is 241 g/mol. The van der Waals surface area contributed by atoms with Crippen LogP contribution in [0, 0.1) is 24.7 Å². The first-order chi connectivity index (χ1) is 6.95. The van der Waals surface area contributed by atoms with Gasteiger partial charge in [0.25, 0.3) is 0 Å². The van der Waals surface area contributed by atoms with Gasteiger partial charge < -0.3 is 5.32 Å². The molecule has 15 heavy (non-hydrogen) atoms. The molecule has 0 saturated heterocycles. The minimum Gasteiger partial charge on any atom is -0.325 e. The molecule has 1 aromatic rings. The highest BCUT2D eigenvalue weighted by Gasteiger charge is 2.29. The predicted molar refractivity (Wildman–Crippen MR) is 62.7 cm³/mol. The van der Waals surface area contributed by atoms with Crippen molar-refractivity contribution in [2.75, 3.05) is 0 Å². The fourth-order valence-corrected chi connectivity index (χ4v) is 2.30. The molecule has 1 aliphatic heterocycles. The van der Waals surface area contributed by atoms with Crippen LogP contribution in [0.3, 0.4) is 0 Å². The molecule has 0 aliphatic carbocycles. The Kier molecular flexibility index (Phi) is 2.24. The van der Waals surface area contributed by atoms with E-state index >= 15 is 0 Å². The number of hydrogen-bond donors (Lipinski definition) is 3. The van der Waals surface area contributed by atoms with Crippen LogP contribution in [0.5, 0.6) is 0 Å². The van der Waals surface area contributed by atoms with E-state index in [1.54, 1.807) is 0 Å². The highest BCUT2D eigenvalue weighted by atomic mass is 35.5. The number of fused-ring (bicyclic) bond motifs is 1. The molecule has 3 N–H and O–H groups in total. The van der Waals surface area contributed by atoms with E-state index < -0.39 is 0 Å². The second-order valence-electron chi connectivity index (χ2n) is 3.50. The minimum absolute atomic E-state index is 0.144. The largest absolute Gasteiger partial charge is 0.325 e. The van der Waals surface area contributed by atoms with Crippen molar-refractivity contribution in [1.29, 1.82) is 10.8 Å². The predicted octanol–water partition coefficient (Wildman–Crippen LogP) is 2.86. The van der Waals surface area contributed by atoms with Gasteiger partial charge in [-0.25, -0.2) is 0 Å². The van der Waals surface area contributed by atoms with Crippen LogP contribution in [0.4, 0.5) is 0 Å². The Balaban J connectivity index is 2.92. The third-order valence-corrected chi connectivity index (χ3v) is 3.60. The van der Waals surface area contributed by atoms with Crippen LogP contribution in [0.1, 0.15) is 22.3 Å². The van der Waals surface area contributed by atoms with Gasteiger partial charge in [-0.15, -0.1) is 0 Å². The van der Waals surface area contributed by atoms with E-state index in [9.17, 15) is 0 Å². The molecule has 0 unspecified atom stereocenters. The van der Waals surface area contributed by atoms with E-state index in [2.05, 4.69) is 5.32 Å². The first-order valence-corrected chi connectivity index (χ1v) is 5.13. The topological polar surface area (TPSA) is 59.7 Å². The van der Waals surface area contributed by atoms with Crippen molar-refractivity contribution in [3.63, 3.8) is 0 Å². The Labute approximate surface area is 97.4 Å². The van der Waals surface area contributed by atoms with Crippen LogP contribution >= 0.6 is 23.2 Å². The average molecular weight is 242 g/mol. The lowest BCUT2D eigenvalue weighted by Gasteiger charge is -2.10. The van der Waals surface area contributed by atoms with Gasteiger partial charge in [0.05, 0.1) is 10.0 Å². The maximum atomic E-state index is 7.67. The second kappa shape index (κ2) is 3.22. The summed E-state index contributed by atoms with van der Waals surface area (Å²) in [6, 6.07) is 0. The Morgan fingerprint density at radius 3 is 1.53 bits per heavy atom. The molecule has 0 amide bonds. The van der Waals surface area contributed by atoms with Gasteiger partial charge in [-0.05, 0) is 25.0 Å². The third-order valence-electron chi connectivity index (χ3n) is 2.66. The Hall–Kier alpha value is -1.06. The van der Waals surface area contributed by atoms with Gasteiger partial charge in [0, 0.05) is 11.1 Å². The summed E-state index contributed by atoms with van der Waals surface area (Å²) in [5.41, 5.74) is 2.80. The molecule has 0 spiro atoms. The van der Waals surface area contributed by atoms with E-state index in [1.165, 1.54) is 0 Å². The quantitative estimate of drug-likeness (QED) is 0.643. The third kappa shape index (κ3) is 1.27. The molecule has 0 aromatic heterocycles. The summed E-state index contributed by atoms with van der Waals surface area (Å²) >= 11 is 12.3. The van der Waals surface area contributed by atoms with E-state index in [1.807, 2.05) is 13.8 Å². The summed E-state index contributed by atoms with van der Waals surface area (Å²) < 4.78 is 0. The van der Waals surface area contributed by atoms with Gasteiger partial charge in [0.2, 0.25) is 0 Å². The average Bonchev–Trinajstić information content (AvgIpc) is 2.47. The van der Waals surface area contributed by atoms with Gasteiger partial charge in [0.15, 0.2) is 0 Å². The molecule has 0 fully saturated rings. The van der Waals surface area contributed by atoms with E-state index in [0.29, 0.717) is 21.2 Å². The maximum Gasteiger partial charge on any atom is 0.133 e. The fraction of sp³-hybridized carbons (Fsp3) is 0.200.